The standard InChI is InChI=1S/C10H14IN3OS/c1-16-7-4-2-3-6(7)14-9-8(11)10(15)13-5-12-9/h5-7H,2-4H2,1H3,(H2,12,13,14,15). The largest absolute Gasteiger partial charge is 0.365 e. The van der Waals surface area contributed by atoms with Gasteiger partial charge in [0.15, 0.2) is 0 Å². The second kappa shape index (κ2) is 5.39. The lowest BCUT2D eigenvalue weighted by Crippen LogP contribution is -2.28. The highest BCUT2D eigenvalue weighted by atomic mass is 127. The topological polar surface area (TPSA) is 57.8 Å². The highest BCUT2D eigenvalue weighted by Crippen LogP contribution is 2.30. The van der Waals surface area contributed by atoms with Crippen LogP contribution < -0.4 is 10.9 Å². The van der Waals surface area contributed by atoms with Crippen LogP contribution in [0.5, 0.6) is 0 Å². The van der Waals surface area contributed by atoms with Crippen LogP contribution in [0.25, 0.3) is 0 Å². The van der Waals surface area contributed by atoms with Crippen LogP contribution in [0.1, 0.15) is 19.3 Å². The van der Waals surface area contributed by atoms with Crippen LogP contribution in [-0.4, -0.2) is 27.5 Å². The SMILES string of the molecule is CSC1CCCC1Nc1nc[nH]c(=O)c1I. The van der Waals surface area contributed by atoms with E-state index in [0.29, 0.717) is 14.9 Å². The number of aromatic nitrogens is 2. The summed E-state index contributed by atoms with van der Waals surface area (Å²) in [5.41, 5.74) is -0.0724. The molecule has 6 heteroatoms. The van der Waals surface area contributed by atoms with Gasteiger partial charge in [-0.05, 0) is 41.7 Å². The molecule has 2 N–H and O–H groups in total. The second-order valence-corrected chi connectivity index (χ2v) is 6.01. The van der Waals surface area contributed by atoms with Crippen molar-refractivity contribution in [1.82, 2.24) is 9.97 Å². The Morgan fingerprint density at radius 1 is 1.62 bits per heavy atom. The third kappa shape index (κ3) is 2.53. The number of aromatic amines is 1. The summed E-state index contributed by atoms with van der Waals surface area (Å²) in [6.45, 7) is 0. The Labute approximate surface area is 112 Å². The summed E-state index contributed by atoms with van der Waals surface area (Å²) in [7, 11) is 0. The summed E-state index contributed by atoms with van der Waals surface area (Å²) in [5, 5.41) is 4.03. The molecule has 0 spiro atoms. The van der Waals surface area contributed by atoms with Crippen LogP contribution in [0.2, 0.25) is 0 Å². The summed E-state index contributed by atoms with van der Waals surface area (Å²) in [6, 6.07) is 0.442. The van der Waals surface area contributed by atoms with Gasteiger partial charge in [-0.1, -0.05) is 6.42 Å². The summed E-state index contributed by atoms with van der Waals surface area (Å²) in [4.78, 5) is 18.2. The van der Waals surface area contributed by atoms with Crippen molar-refractivity contribution in [3.63, 3.8) is 0 Å². The molecule has 1 aliphatic carbocycles. The van der Waals surface area contributed by atoms with Crippen LogP contribution in [0.4, 0.5) is 5.82 Å². The maximum atomic E-state index is 11.4. The maximum Gasteiger partial charge on any atom is 0.266 e. The van der Waals surface area contributed by atoms with Crippen molar-refractivity contribution in [2.75, 3.05) is 11.6 Å². The third-order valence-electron chi connectivity index (χ3n) is 2.87. The molecule has 1 aromatic rings. The molecular weight excluding hydrogens is 337 g/mol. The van der Waals surface area contributed by atoms with E-state index >= 15 is 0 Å². The van der Waals surface area contributed by atoms with Crippen LogP contribution in [0.3, 0.4) is 0 Å². The Balaban J connectivity index is 2.14. The average Bonchev–Trinajstić information content (AvgIpc) is 2.72. The quantitative estimate of drug-likeness (QED) is 0.819. The minimum atomic E-state index is -0.0724. The highest BCUT2D eigenvalue weighted by molar-refractivity contribution is 14.1. The van der Waals surface area contributed by atoms with Gasteiger partial charge in [-0.15, -0.1) is 0 Å². The summed E-state index contributed by atoms with van der Waals surface area (Å²) in [5.74, 6) is 0.718. The number of thioether (sulfide) groups is 1. The van der Waals surface area contributed by atoms with Gasteiger partial charge in [0.05, 0.1) is 6.33 Å². The molecule has 4 nitrogen and oxygen atoms in total. The first-order valence-corrected chi connectivity index (χ1v) is 7.61. The van der Waals surface area contributed by atoms with Crippen LogP contribution >= 0.6 is 34.4 Å². The normalized spacial score (nSPS) is 24.6. The molecule has 0 saturated heterocycles. The zero-order chi connectivity index (χ0) is 11.5. The number of rotatable bonds is 3. The number of nitrogens with one attached hydrogen (secondary N) is 2. The molecule has 2 unspecified atom stereocenters. The van der Waals surface area contributed by atoms with Gasteiger partial charge >= 0.3 is 0 Å². The fourth-order valence-corrected chi connectivity index (χ4v) is 3.42. The van der Waals surface area contributed by atoms with Gasteiger partial charge in [0, 0.05) is 11.3 Å². The molecule has 2 atom stereocenters. The minimum Gasteiger partial charge on any atom is -0.365 e. The molecule has 0 aromatic carbocycles. The van der Waals surface area contributed by atoms with Crippen molar-refractivity contribution in [2.45, 2.75) is 30.6 Å². The van der Waals surface area contributed by atoms with Crippen molar-refractivity contribution in [3.05, 3.63) is 20.3 Å². The van der Waals surface area contributed by atoms with Crippen LogP contribution in [-0.2, 0) is 0 Å². The van der Waals surface area contributed by atoms with Crippen molar-refractivity contribution < 1.29 is 0 Å². The van der Waals surface area contributed by atoms with Crippen LogP contribution in [0.15, 0.2) is 11.1 Å². The van der Waals surface area contributed by atoms with Crippen molar-refractivity contribution >= 4 is 40.2 Å². The first-order valence-electron chi connectivity index (χ1n) is 5.25. The number of halogens is 1. The smallest absolute Gasteiger partial charge is 0.266 e. The molecule has 1 saturated carbocycles. The molecule has 0 radical (unpaired) electrons. The lowest BCUT2D eigenvalue weighted by atomic mass is 10.2. The van der Waals surface area contributed by atoms with E-state index in [1.54, 1.807) is 0 Å². The van der Waals surface area contributed by atoms with E-state index in [0.717, 1.165) is 12.2 Å². The molecule has 88 valence electrons. The van der Waals surface area contributed by atoms with Gasteiger partial charge in [-0.2, -0.15) is 11.8 Å². The summed E-state index contributed by atoms with van der Waals surface area (Å²) in [6.07, 6.45) is 7.26. The monoisotopic (exact) mass is 351 g/mol. The zero-order valence-corrected chi connectivity index (χ0v) is 12.0. The second-order valence-electron chi connectivity index (χ2n) is 3.85. The molecule has 1 aliphatic rings. The zero-order valence-electron chi connectivity index (χ0n) is 9.00. The van der Waals surface area contributed by atoms with Gasteiger partial charge in [-0.25, -0.2) is 4.98 Å². The lowest BCUT2D eigenvalue weighted by molar-refractivity contribution is 0.760. The predicted molar refractivity (Wildman–Crippen MR) is 76.1 cm³/mol. The van der Waals surface area contributed by atoms with Crippen LogP contribution in [0, 0.1) is 3.57 Å². The molecule has 2 rings (SSSR count). The minimum absolute atomic E-state index is 0.0724. The van der Waals surface area contributed by atoms with Gasteiger partial charge in [-0.3, -0.25) is 4.79 Å². The van der Waals surface area contributed by atoms with Gasteiger partial charge in [0.1, 0.15) is 9.39 Å². The van der Waals surface area contributed by atoms with E-state index in [9.17, 15) is 4.79 Å². The summed E-state index contributed by atoms with van der Waals surface area (Å²) < 4.78 is 0.645. The van der Waals surface area contributed by atoms with E-state index in [-0.39, 0.29) is 5.56 Å². The number of hydrogen-bond donors (Lipinski definition) is 2. The van der Waals surface area contributed by atoms with Crippen molar-refractivity contribution in [1.29, 1.82) is 0 Å². The maximum absolute atomic E-state index is 11.4. The number of nitrogens with zero attached hydrogens (tertiary/aromatic N) is 1. The molecule has 1 fully saturated rings. The Morgan fingerprint density at radius 2 is 2.44 bits per heavy atom. The fourth-order valence-electron chi connectivity index (χ4n) is 2.03. The number of anilines is 1. The predicted octanol–water partition coefficient (Wildman–Crippen LogP) is 2.07. The molecular formula is C10H14IN3OS. The van der Waals surface area contributed by atoms with Crippen molar-refractivity contribution in [2.24, 2.45) is 0 Å². The molecule has 0 aliphatic heterocycles. The number of H-pyrrole nitrogens is 1. The van der Waals surface area contributed by atoms with Gasteiger partial charge in [0.2, 0.25) is 0 Å². The molecule has 1 heterocycles. The first kappa shape index (κ1) is 12.2. The Hall–Kier alpha value is -0.240. The summed E-state index contributed by atoms with van der Waals surface area (Å²) >= 11 is 3.93. The first-order chi connectivity index (χ1) is 7.72. The highest BCUT2D eigenvalue weighted by Gasteiger charge is 2.27. The Kier molecular flexibility index (Phi) is 4.12. The van der Waals surface area contributed by atoms with E-state index in [1.807, 2.05) is 34.4 Å². The van der Waals surface area contributed by atoms with E-state index in [1.165, 1.54) is 19.2 Å². The molecule has 1 aromatic heterocycles. The van der Waals surface area contributed by atoms with Gasteiger partial charge in [0.25, 0.3) is 5.56 Å². The third-order valence-corrected chi connectivity index (χ3v) is 5.04. The van der Waals surface area contributed by atoms with Crippen molar-refractivity contribution in [3.8, 4) is 0 Å². The molecule has 0 amide bonds. The Morgan fingerprint density at radius 3 is 3.19 bits per heavy atom. The van der Waals surface area contributed by atoms with E-state index < -0.39 is 0 Å². The Bertz CT molecular complexity index is 423. The fraction of sp³-hybridized carbons (Fsp3) is 0.600. The number of hydrogen-bond acceptors (Lipinski definition) is 4. The molecule has 16 heavy (non-hydrogen) atoms. The van der Waals surface area contributed by atoms with Gasteiger partial charge < -0.3 is 10.3 Å². The average molecular weight is 351 g/mol. The van der Waals surface area contributed by atoms with E-state index in [2.05, 4.69) is 21.5 Å². The molecule has 0 bridgehead atoms. The lowest BCUT2D eigenvalue weighted by Gasteiger charge is -2.19. The van der Waals surface area contributed by atoms with E-state index in [4.69, 9.17) is 0 Å².